The molecule has 122 valence electrons. The third kappa shape index (κ3) is 3.77. The number of benzene rings is 2. The normalized spacial score (nSPS) is 10.3. The zero-order valence-corrected chi connectivity index (χ0v) is 13.1. The lowest BCUT2D eigenvalue weighted by Gasteiger charge is -2.19. The van der Waals surface area contributed by atoms with E-state index >= 15 is 0 Å². The van der Waals surface area contributed by atoms with E-state index in [2.05, 4.69) is 0 Å². The maximum absolute atomic E-state index is 13.7. The molecule has 0 N–H and O–H groups in total. The van der Waals surface area contributed by atoms with Gasteiger partial charge in [-0.15, -0.1) is 0 Å². The molecule has 0 spiro atoms. The van der Waals surface area contributed by atoms with Crippen molar-refractivity contribution in [2.45, 2.75) is 6.54 Å². The summed E-state index contributed by atoms with van der Waals surface area (Å²) in [6, 6.07) is 8.18. The van der Waals surface area contributed by atoms with Gasteiger partial charge >= 0.3 is 0 Å². The molecule has 1 amide bonds. The highest BCUT2D eigenvalue weighted by atomic mass is 19.1. The average Bonchev–Trinajstić information content (AvgIpc) is 2.54. The molecule has 2 rings (SSSR count). The van der Waals surface area contributed by atoms with Crippen LogP contribution in [0, 0.1) is 11.6 Å². The summed E-state index contributed by atoms with van der Waals surface area (Å²) in [6.45, 7) is 0.166. The Morgan fingerprint density at radius 2 is 1.70 bits per heavy atom. The van der Waals surface area contributed by atoms with Gasteiger partial charge in [0.05, 0.1) is 19.8 Å². The highest BCUT2D eigenvalue weighted by Crippen LogP contribution is 2.22. The van der Waals surface area contributed by atoms with Crippen molar-refractivity contribution in [3.05, 3.63) is 59.2 Å². The molecule has 0 bridgehead atoms. The van der Waals surface area contributed by atoms with Crippen LogP contribution in [-0.2, 0) is 6.54 Å². The fourth-order valence-electron chi connectivity index (χ4n) is 2.21. The van der Waals surface area contributed by atoms with Gasteiger partial charge in [-0.3, -0.25) is 4.79 Å². The lowest BCUT2D eigenvalue weighted by molar-refractivity contribution is 0.0781. The molecule has 0 saturated carbocycles. The number of carbonyl (C=O) groups is 1. The van der Waals surface area contributed by atoms with E-state index in [1.807, 2.05) is 0 Å². The van der Waals surface area contributed by atoms with Crippen LogP contribution in [0.1, 0.15) is 15.9 Å². The Labute approximate surface area is 133 Å². The molecule has 23 heavy (non-hydrogen) atoms. The van der Waals surface area contributed by atoms with E-state index in [-0.39, 0.29) is 23.6 Å². The molecule has 6 heteroatoms. The number of hydrogen-bond donors (Lipinski definition) is 0. The van der Waals surface area contributed by atoms with Crippen LogP contribution in [0.15, 0.2) is 36.4 Å². The second-order valence-corrected chi connectivity index (χ2v) is 4.97. The van der Waals surface area contributed by atoms with Crippen LogP contribution >= 0.6 is 0 Å². The highest BCUT2D eigenvalue weighted by molar-refractivity contribution is 5.96. The van der Waals surface area contributed by atoms with Crippen LogP contribution in [0.2, 0.25) is 0 Å². The first-order chi connectivity index (χ1) is 11.0. The van der Waals surface area contributed by atoms with Crippen molar-refractivity contribution in [3.63, 3.8) is 0 Å². The topological polar surface area (TPSA) is 38.8 Å². The van der Waals surface area contributed by atoms with Crippen molar-refractivity contribution in [2.24, 2.45) is 0 Å². The number of rotatable bonds is 5. The summed E-state index contributed by atoms with van der Waals surface area (Å²) in [5, 5.41) is 0. The number of ether oxygens (including phenoxy) is 2. The van der Waals surface area contributed by atoms with Gasteiger partial charge in [0, 0.05) is 13.6 Å². The minimum atomic E-state index is -0.530. The van der Waals surface area contributed by atoms with E-state index in [4.69, 9.17) is 9.47 Å². The van der Waals surface area contributed by atoms with Crippen LogP contribution in [0.25, 0.3) is 0 Å². The maximum atomic E-state index is 13.7. The molecule has 2 aromatic carbocycles. The Morgan fingerprint density at radius 3 is 2.30 bits per heavy atom. The molecule has 0 radical (unpaired) electrons. The van der Waals surface area contributed by atoms with Gasteiger partial charge in [0.2, 0.25) is 0 Å². The van der Waals surface area contributed by atoms with E-state index in [0.29, 0.717) is 5.56 Å². The number of methoxy groups -OCH3 is 2. The third-order valence-corrected chi connectivity index (χ3v) is 3.37. The van der Waals surface area contributed by atoms with Gasteiger partial charge in [0.25, 0.3) is 5.91 Å². The van der Waals surface area contributed by atoms with Gasteiger partial charge in [-0.05, 0) is 35.9 Å². The average molecular weight is 321 g/mol. The minimum absolute atomic E-state index is 0.115. The molecule has 0 aliphatic heterocycles. The van der Waals surface area contributed by atoms with Gasteiger partial charge in [-0.2, -0.15) is 0 Å². The number of hydrogen-bond acceptors (Lipinski definition) is 3. The number of nitrogens with zero attached hydrogens (tertiary/aromatic N) is 1. The predicted octanol–water partition coefficient (Wildman–Crippen LogP) is 3.25. The molecule has 0 atom stereocenters. The fraction of sp³-hybridized carbons (Fsp3) is 0.235. The first-order valence-electron chi connectivity index (χ1n) is 6.87. The summed E-state index contributed by atoms with van der Waals surface area (Å²) in [4.78, 5) is 13.8. The number of carbonyl (C=O) groups excluding carboxylic acids is 1. The molecule has 0 aromatic heterocycles. The van der Waals surface area contributed by atoms with E-state index in [9.17, 15) is 13.6 Å². The van der Waals surface area contributed by atoms with Gasteiger partial charge in [-0.1, -0.05) is 6.07 Å². The molecule has 0 fully saturated rings. The van der Waals surface area contributed by atoms with Crippen molar-refractivity contribution in [1.29, 1.82) is 0 Å². The van der Waals surface area contributed by atoms with Crippen LogP contribution in [0.4, 0.5) is 8.78 Å². The smallest absolute Gasteiger partial charge is 0.257 e. The molecular weight excluding hydrogens is 304 g/mol. The van der Waals surface area contributed by atoms with Crippen molar-refractivity contribution in [2.75, 3.05) is 21.3 Å². The Morgan fingerprint density at radius 1 is 1.04 bits per heavy atom. The summed E-state index contributed by atoms with van der Waals surface area (Å²) in [7, 11) is 4.33. The Kier molecular flexibility index (Phi) is 5.16. The summed E-state index contributed by atoms with van der Waals surface area (Å²) in [5.41, 5.74) is 0.707. The quantitative estimate of drug-likeness (QED) is 0.848. The van der Waals surface area contributed by atoms with Gasteiger partial charge in [0.1, 0.15) is 11.6 Å². The fourth-order valence-corrected chi connectivity index (χ4v) is 2.21. The Balaban J connectivity index is 2.20. The molecule has 0 heterocycles. The molecule has 0 saturated heterocycles. The van der Waals surface area contributed by atoms with E-state index in [0.717, 1.165) is 6.07 Å². The first kappa shape index (κ1) is 16.7. The molecule has 2 aromatic rings. The van der Waals surface area contributed by atoms with Gasteiger partial charge in [-0.25, -0.2) is 8.78 Å². The molecule has 4 nitrogen and oxygen atoms in total. The van der Waals surface area contributed by atoms with E-state index in [1.165, 1.54) is 43.4 Å². The second-order valence-electron chi connectivity index (χ2n) is 4.97. The SMILES string of the molecule is COc1ccc(CN(C)C(=O)c2cc(F)ccc2OC)cc1F. The zero-order chi connectivity index (χ0) is 17.0. The van der Waals surface area contributed by atoms with Gasteiger partial charge < -0.3 is 14.4 Å². The van der Waals surface area contributed by atoms with Crippen LogP contribution in [0.3, 0.4) is 0 Å². The van der Waals surface area contributed by atoms with Crippen molar-refractivity contribution >= 4 is 5.91 Å². The maximum Gasteiger partial charge on any atom is 0.257 e. The van der Waals surface area contributed by atoms with Crippen molar-refractivity contribution in [1.82, 2.24) is 4.90 Å². The lowest BCUT2D eigenvalue weighted by Crippen LogP contribution is -2.26. The predicted molar refractivity (Wildman–Crippen MR) is 81.7 cm³/mol. The minimum Gasteiger partial charge on any atom is -0.496 e. The number of halogens is 2. The Hall–Kier alpha value is -2.63. The standard InChI is InChI=1S/C17H17F2NO3/c1-20(10-11-4-6-16(23-3)14(19)8-11)17(21)13-9-12(18)5-7-15(13)22-2/h4-9H,10H2,1-3H3. The third-order valence-electron chi connectivity index (χ3n) is 3.37. The molecule has 0 aliphatic rings. The van der Waals surface area contributed by atoms with Crippen LogP contribution in [0.5, 0.6) is 11.5 Å². The summed E-state index contributed by atoms with van der Waals surface area (Å²) >= 11 is 0. The first-order valence-corrected chi connectivity index (χ1v) is 6.87. The second kappa shape index (κ2) is 7.09. The summed E-state index contributed by atoms with van der Waals surface area (Å²) in [6.07, 6.45) is 0. The monoisotopic (exact) mass is 321 g/mol. The van der Waals surface area contributed by atoms with Gasteiger partial charge in [0.15, 0.2) is 11.6 Å². The van der Waals surface area contributed by atoms with Crippen LogP contribution < -0.4 is 9.47 Å². The van der Waals surface area contributed by atoms with E-state index < -0.39 is 17.5 Å². The molecule has 0 aliphatic carbocycles. The van der Waals surface area contributed by atoms with E-state index in [1.54, 1.807) is 13.1 Å². The lowest BCUT2D eigenvalue weighted by atomic mass is 10.1. The molecular formula is C17H17F2NO3. The van der Waals surface area contributed by atoms with Crippen molar-refractivity contribution in [3.8, 4) is 11.5 Å². The largest absolute Gasteiger partial charge is 0.496 e. The Bertz CT molecular complexity index is 719. The summed E-state index contributed by atoms with van der Waals surface area (Å²) < 4.78 is 37.0. The van der Waals surface area contributed by atoms with Crippen molar-refractivity contribution < 1.29 is 23.0 Å². The zero-order valence-electron chi connectivity index (χ0n) is 13.1. The molecule has 0 unspecified atom stereocenters. The summed E-state index contributed by atoms with van der Waals surface area (Å²) in [5.74, 6) is -1.04. The van der Waals surface area contributed by atoms with Crippen LogP contribution in [-0.4, -0.2) is 32.1 Å². The highest BCUT2D eigenvalue weighted by Gasteiger charge is 2.18. The number of amides is 1.